The molecule has 0 spiro atoms. The van der Waals surface area contributed by atoms with Crippen LogP contribution in [0, 0.1) is 0 Å². The van der Waals surface area contributed by atoms with Crippen molar-refractivity contribution in [3.05, 3.63) is 46.4 Å². The van der Waals surface area contributed by atoms with Gasteiger partial charge in [0.25, 0.3) is 0 Å². The maximum atomic E-state index is 9.36. The fourth-order valence-corrected chi connectivity index (χ4v) is 3.70. The van der Waals surface area contributed by atoms with Crippen LogP contribution >= 0.6 is 23.2 Å². The van der Waals surface area contributed by atoms with E-state index in [1.807, 2.05) is 18.2 Å². The molecule has 145 valence electrons. The summed E-state index contributed by atoms with van der Waals surface area (Å²) < 4.78 is 2.12. The van der Waals surface area contributed by atoms with E-state index in [1.165, 1.54) is 0 Å². The molecule has 28 heavy (non-hydrogen) atoms. The molecule has 0 atom stereocenters. The van der Waals surface area contributed by atoms with Crippen LogP contribution in [0.4, 0.5) is 17.3 Å². The van der Waals surface area contributed by atoms with Gasteiger partial charge < -0.3 is 19.9 Å². The number of aromatic nitrogens is 2. The van der Waals surface area contributed by atoms with Gasteiger partial charge in [0.15, 0.2) is 0 Å². The number of nitrogens with one attached hydrogen (secondary N) is 1. The summed E-state index contributed by atoms with van der Waals surface area (Å²) in [5.74, 6) is 0.697. The van der Waals surface area contributed by atoms with Gasteiger partial charge in [0.1, 0.15) is 0 Å². The van der Waals surface area contributed by atoms with Crippen LogP contribution in [-0.4, -0.2) is 53.2 Å². The molecule has 0 aliphatic rings. The van der Waals surface area contributed by atoms with Crippen LogP contribution in [0.2, 0.25) is 10.0 Å². The van der Waals surface area contributed by atoms with E-state index in [4.69, 9.17) is 28.2 Å². The molecular weight excluding hydrogens is 390 g/mol. The first-order chi connectivity index (χ1) is 13.1. The van der Waals surface area contributed by atoms with E-state index >= 15 is 0 Å². The molecule has 5 nitrogen and oxygen atoms in total. The second-order valence-corrected chi connectivity index (χ2v) is 7.07. The molecule has 3 aromatic rings. The predicted octanol–water partition coefficient (Wildman–Crippen LogP) is 4.93. The minimum absolute atomic E-state index is 0. The van der Waals surface area contributed by atoms with Crippen molar-refractivity contribution in [3.63, 3.8) is 0 Å². The molecule has 2 N–H and O–H groups in total. The minimum Gasteiger partial charge on any atom is -0.396 e. The Bertz CT molecular complexity index is 928. The summed E-state index contributed by atoms with van der Waals surface area (Å²) >= 11 is 12.3. The molecule has 0 aliphatic carbocycles. The average Bonchev–Trinajstić information content (AvgIpc) is 3.01. The molecule has 1 radical (unpaired) electrons. The third-order valence-electron chi connectivity index (χ3n) is 4.57. The second-order valence-electron chi connectivity index (χ2n) is 6.23. The molecule has 0 fully saturated rings. The van der Waals surface area contributed by atoms with E-state index in [2.05, 4.69) is 34.7 Å². The maximum Gasteiger partial charge on any atom is 0.208 e. The van der Waals surface area contributed by atoms with Gasteiger partial charge in [-0.15, -0.1) is 0 Å². The van der Waals surface area contributed by atoms with Gasteiger partial charge in [-0.2, -0.15) is 0 Å². The summed E-state index contributed by atoms with van der Waals surface area (Å²) in [5, 5.41) is 13.8. The monoisotopic (exact) mass is 413 g/mol. The van der Waals surface area contributed by atoms with Crippen LogP contribution in [0.5, 0.6) is 0 Å². The zero-order chi connectivity index (χ0) is 19.4. The third kappa shape index (κ3) is 4.79. The minimum atomic E-state index is 0. The van der Waals surface area contributed by atoms with Crippen LogP contribution in [-0.2, 0) is 6.54 Å². The van der Waals surface area contributed by atoms with Crippen LogP contribution < -0.4 is 10.2 Å². The molecule has 0 amide bonds. The molecule has 8 heteroatoms. The molecule has 1 aromatic heterocycles. The molecular formula is C20H24Cl2LiN4O. The SMILES string of the molecule is CCN(CC)c1cccc2nc(Nc3ccc(Cl)cc3Cl)n(CCCO)c12.[Li]. The van der Waals surface area contributed by atoms with Crippen molar-refractivity contribution in [2.75, 3.05) is 29.9 Å². The number of aliphatic hydroxyl groups is 1. The molecule has 0 saturated heterocycles. The number of para-hydroxylation sites is 1. The van der Waals surface area contributed by atoms with Gasteiger partial charge in [0.2, 0.25) is 5.95 Å². The Morgan fingerprint density at radius 1 is 1.14 bits per heavy atom. The van der Waals surface area contributed by atoms with Crippen molar-refractivity contribution in [1.29, 1.82) is 0 Å². The Morgan fingerprint density at radius 2 is 1.89 bits per heavy atom. The van der Waals surface area contributed by atoms with Gasteiger partial charge in [0.05, 0.1) is 27.4 Å². The standard InChI is InChI=1S/C20H24Cl2N4O.Li/c1-3-25(4-2)18-8-5-7-17-19(18)26(11-6-12-27)20(24-17)23-16-10-9-14(21)13-15(16)22;/h5,7-10,13,27H,3-4,6,11-12H2,1-2H3,(H,23,24);. The van der Waals surface area contributed by atoms with E-state index in [0.29, 0.717) is 29.0 Å². The first kappa shape index (κ1) is 22.9. The van der Waals surface area contributed by atoms with Gasteiger partial charge in [-0.25, -0.2) is 4.98 Å². The number of hydrogen-bond acceptors (Lipinski definition) is 4. The Morgan fingerprint density at radius 3 is 2.54 bits per heavy atom. The van der Waals surface area contributed by atoms with Crippen molar-refractivity contribution in [3.8, 4) is 0 Å². The summed E-state index contributed by atoms with van der Waals surface area (Å²) in [4.78, 5) is 7.09. The van der Waals surface area contributed by atoms with Gasteiger partial charge in [-0.3, -0.25) is 0 Å². The van der Waals surface area contributed by atoms with Crippen molar-refractivity contribution in [1.82, 2.24) is 9.55 Å². The normalized spacial score (nSPS) is 10.8. The Kier molecular flexibility index (Phi) is 8.54. The smallest absolute Gasteiger partial charge is 0.208 e. The molecule has 0 bridgehead atoms. The summed E-state index contributed by atoms with van der Waals surface area (Å²) in [6, 6.07) is 11.5. The van der Waals surface area contributed by atoms with Crippen molar-refractivity contribution >= 4 is 70.4 Å². The molecule has 0 aliphatic heterocycles. The summed E-state index contributed by atoms with van der Waals surface area (Å²) in [6.45, 7) is 6.87. The number of aryl methyl sites for hydroxylation is 1. The first-order valence-electron chi connectivity index (χ1n) is 9.16. The number of imidazole rings is 1. The number of halogens is 2. The van der Waals surface area contributed by atoms with Gasteiger partial charge in [-0.1, -0.05) is 29.3 Å². The maximum absolute atomic E-state index is 9.36. The van der Waals surface area contributed by atoms with Crippen molar-refractivity contribution < 1.29 is 5.11 Å². The molecule has 0 saturated carbocycles. The summed E-state index contributed by atoms with van der Waals surface area (Å²) in [6.07, 6.45) is 0.640. The quantitative estimate of drug-likeness (QED) is 0.513. The van der Waals surface area contributed by atoms with Crippen LogP contribution in [0.15, 0.2) is 36.4 Å². The van der Waals surface area contributed by atoms with E-state index in [9.17, 15) is 5.11 Å². The average molecular weight is 414 g/mol. The second kappa shape index (κ2) is 10.4. The topological polar surface area (TPSA) is 53.3 Å². The largest absolute Gasteiger partial charge is 0.396 e. The number of anilines is 3. The van der Waals surface area contributed by atoms with Gasteiger partial charge in [0, 0.05) is 50.1 Å². The third-order valence-corrected chi connectivity index (χ3v) is 5.11. The van der Waals surface area contributed by atoms with Crippen LogP contribution in [0.3, 0.4) is 0 Å². The van der Waals surface area contributed by atoms with Gasteiger partial charge >= 0.3 is 0 Å². The Balaban J connectivity index is 0.00000280. The van der Waals surface area contributed by atoms with Crippen molar-refractivity contribution in [2.24, 2.45) is 0 Å². The summed E-state index contributed by atoms with van der Waals surface area (Å²) in [7, 11) is 0. The fraction of sp³-hybridized carbons (Fsp3) is 0.350. The van der Waals surface area contributed by atoms with E-state index < -0.39 is 0 Å². The van der Waals surface area contributed by atoms with E-state index in [0.717, 1.165) is 35.5 Å². The van der Waals surface area contributed by atoms with Gasteiger partial charge in [-0.05, 0) is 50.6 Å². The van der Waals surface area contributed by atoms with E-state index in [-0.39, 0.29) is 25.5 Å². The first-order valence-corrected chi connectivity index (χ1v) is 9.91. The van der Waals surface area contributed by atoms with E-state index in [1.54, 1.807) is 12.1 Å². The number of aliphatic hydroxyl groups excluding tert-OH is 1. The predicted molar refractivity (Wildman–Crippen MR) is 120 cm³/mol. The number of hydrogen-bond donors (Lipinski definition) is 2. The number of nitrogens with zero attached hydrogens (tertiary/aromatic N) is 3. The van der Waals surface area contributed by atoms with Crippen LogP contribution in [0.1, 0.15) is 20.3 Å². The molecule has 0 unspecified atom stereocenters. The van der Waals surface area contributed by atoms with Crippen molar-refractivity contribution in [2.45, 2.75) is 26.8 Å². The molecule has 1 heterocycles. The zero-order valence-corrected chi connectivity index (χ0v) is 18.1. The fourth-order valence-electron chi connectivity index (χ4n) is 3.24. The molecule has 2 aromatic carbocycles. The Hall–Kier alpha value is -1.35. The summed E-state index contributed by atoms with van der Waals surface area (Å²) in [5.41, 5.74) is 3.84. The number of benzene rings is 2. The zero-order valence-electron chi connectivity index (χ0n) is 16.5. The number of fused-ring (bicyclic) bond motifs is 1. The molecule has 3 rings (SSSR count). The Labute approximate surface area is 187 Å². The van der Waals surface area contributed by atoms with Crippen LogP contribution in [0.25, 0.3) is 11.0 Å². The number of rotatable bonds is 8.